The van der Waals surface area contributed by atoms with Gasteiger partial charge in [0, 0.05) is 0 Å². The van der Waals surface area contributed by atoms with E-state index in [1.54, 1.807) is 0 Å². The summed E-state index contributed by atoms with van der Waals surface area (Å²) >= 11 is 0. The van der Waals surface area contributed by atoms with Gasteiger partial charge < -0.3 is 47.4 Å². The highest BCUT2D eigenvalue weighted by atomic mass is 16.6. The van der Waals surface area contributed by atoms with Gasteiger partial charge in [-0.15, -0.1) is 0 Å². The number of ether oxygens (including phenoxy) is 10. The van der Waals surface area contributed by atoms with Crippen molar-refractivity contribution in [3.63, 3.8) is 0 Å². The van der Waals surface area contributed by atoms with Gasteiger partial charge in [-0.1, -0.05) is 57.9 Å². The zero-order valence-corrected chi connectivity index (χ0v) is 28.5. The molecule has 266 valence electrons. The predicted molar refractivity (Wildman–Crippen MR) is 175 cm³/mol. The number of hydrogen-bond acceptors (Lipinski definition) is 11. The van der Waals surface area contributed by atoms with Crippen molar-refractivity contribution in [1.82, 2.24) is 0 Å². The number of benzene rings is 1. The zero-order valence-electron chi connectivity index (χ0n) is 28.5. The summed E-state index contributed by atoms with van der Waals surface area (Å²) < 4.78 is 56.3. The summed E-state index contributed by atoms with van der Waals surface area (Å²) in [7, 11) is 1.39. The largest absolute Gasteiger partial charge is 0.490 e. The maximum absolute atomic E-state index is 12.6. The second-order valence-corrected chi connectivity index (χ2v) is 11.1. The first-order chi connectivity index (χ1) is 22.7. The lowest BCUT2D eigenvalue weighted by atomic mass is 10.0. The Bertz CT molecular complexity index is 830. The van der Waals surface area contributed by atoms with Crippen molar-refractivity contribution in [2.24, 2.45) is 0 Å². The molecule has 11 heteroatoms. The minimum absolute atomic E-state index is 0.196. The smallest absolute Gasteiger partial charge is 0.341 e. The molecule has 1 unspecified atom stereocenters. The lowest BCUT2D eigenvalue weighted by Crippen LogP contribution is -2.30. The van der Waals surface area contributed by atoms with E-state index in [4.69, 9.17) is 47.4 Å². The van der Waals surface area contributed by atoms with Crippen LogP contribution in [0.2, 0.25) is 0 Å². The number of carbonyl (C=O) groups excluding carboxylic acids is 1. The summed E-state index contributed by atoms with van der Waals surface area (Å²) in [5, 5.41) is 0. The average molecular weight is 657 g/mol. The van der Waals surface area contributed by atoms with Crippen LogP contribution in [0.3, 0.4) is 0 Å². The molecule has 1 atom stereocenters. The molecule has 0 aromatic heterocycles. The summed E-state index contributed by atoms with van der Waals surface area (Å²) in [4.78, 5) is 12.6. The van der Waals surface area contributed by atoms with E-state index in [2.05, 4.69) is 6.92 Å². The summed E-state index contributed by atoms with van der Waals surface area (Å²) in [5.41, 5.74) is 1.52. The van der Waals surface area contributed by atoms with Crippen molar-refractivity contribution in [2.45, 2.75) is 70.8 Å². The van der Waals surface area contributed by atoms with Crippen LogP contribution in [-0.2, 0) is 49.1 Å². The standard InChI is InChI=1S/C35H60O11/c1-3-4-5-6-7-8-9-10-11-31-12-13-34(33(28-31)35(36)37-2)46-30-32-29-44-25-24-42-21-20-40-17-16-38-14-15-39-18-19-41-22-23-43-26-27-45-32/h12-13,28,32H,3-11,14-27,29-30H2,1-2H3. The molecule has 0 radical (unpaired) electrons. The summed E-state index contributed by atoms with van der Waals surface area (Å²) in [5.74, 6) is 0.0420. The molecule has 11 nitrogen and oxygen atoms in total. The van der Waals surface area contributed by atoms with E-state index in [1.165, 1.54) is 52.1 Å². The van der Waals surface area contributed by atoms with E-state index >= 15 is 0 Å². The van der Waals surface area contributed by atoms with E-state index in [-0.39, 0.29) is 12.7 Å². The highest BCUT2D eigenvalue weighted by Crippen LogP contribution is 2.23. The van der Waals surface area contributed by atoms with Crippen LogP contribution in [-0.4, -0.2) is 125 Å². The highest BCUT2D eigenvalue weighted by Gasteiger charge is 2.17. The maximum Gasteiger partial charge on any atom is 0.341 e. The molecule has 1 saturated heterocycles. The van der Waals surface area contributed by atoms with Crippen molar-refractivity contribution in [3.8, 4) is 5.75 Å². The van der Waals surface area contributed by atoms with Crippen LogP contribution in [0.5, 0.6) is 5.75 Å². The van der Waals surface area contributed by atoms with Crippen LogP contribution >= 0.6 is 0 Å². The second kappa shape index (κ2) is 29.3. The van der Waals surface area contributed by atoms with Gasteiger partial charge in [0.1, 0.15) is 24.0 Å². The van der Waals surface area contributed by atoms with Crippen molar-refractivity contribution < 1.29 is 52.2 Å². The van der Waals surface area contributed by atoms with Crippen molar-refractivity contribution in [3.05, 3.63) is 29.3 Å². The number of esters is 1. The Morgan fingerprint density at radius 2 is 1.13 bits per heavy atom. The fraction of sp³-hybridized carbons (Fsp3) is 0.800. The monoisotopic (exact) mass is 656 g/mol. The fourth-order valence-electron chi connectivity index (χ4n) is 4.73. The molecule has 2 rings (SSSR count). The molecular formula is C35H60O11. The van der Waals surface area contributed by atoms with Gasteiger partial charge in [-0.25, -0.2) is 4.79 Å². The van der Waals surface area contributed by atoms with E-state index in [1.807, 2.05) is 18.2 Å². The van der Waals surface area contributed by atoms with Crippen LogP contribution in [0.15, 0.2) is 18.2 Å². The second-order valence-electron chi connectivity index (χ2n) is 11.1. The molecule has 0 bridgehead atoms. The van der Waals surface area contributed by atoms with Crippen molar-refractivity contribution >= 4 is 5.97 Å². The Balaban J connectivity index is 1.84. The van der Waals surface area contributed by atoms with Crippen LogP contribution in [0.1, 0.15) is 74.2 Å². The highest BCUT2D eigenvalue weighted by molar-refractivity contribution is 5.92. The van der Waals surface area contributed by atoms with E-state index in [0.717, 1.165) is 18.4 Å². The predicted octanol–water partition coefficient (Wildman–Crippen LogP) is 5.05. The van der Waals surface area contributed by atoms with E-state index in [0.29, 0.717) is 110 Å². The quantitative estimate of drug-likeness (QED) is 0.210. The lowest BCUT2D eigenvalue weighted by molar-refractivity contribution is -0.0691. The molecule has 0 amide bonds. The average Bonchev–Trinajstić information content (AvgIpc) is 3.07. The van der Waals surface area contributed by atoms with E-state index in [9.17, 15) is 4.79 Å². The van der Waals surface area contributed by atoms with Gasteiger partial charge >= 0.3 is 5.97 Å². The van der Waals surface area contributed by atoms with Gasteiger partial charge in [0.25, 0.3) is 0 Å². The van der Waals surface area contributed by atoms with Gasteiger partial charge in [-0.05, 0) is 30.5 Å². The third-order valence-electron chi connectivity index (χ3n) is 7.31. The summed E-state index contributed by atoms with van der Waals surface area (Å²) in [6.07, 6.45) is 10.6. The molecule has 1 aromatic carbocycles. The van der Waals surface area contributed by atoms with E-state index < -0.39 is 5.97 Å². The zero-order chi connectivity index (χ0) is 32.8. The fourth-order valence-corrected chi connectivity index (χ4v) is 4.73. The van der Waals surface area contributed by atoms with Gasteiger partial charge in [-0.2, -0.15) is 0 Å². The molecule has 1 aliphatic rings. The SMILES string of the molecule is CCCCCCCCCCc1ccc(OCC2COCCOCCOCCOCCOCCOCCOCCO2)c(C(=O)OC)c1. The van der Waals surface area contributed by atoms with Crippen molar-refractivity contribution in [1.29, 1.82) is 0 Å². The number of aryl methyl sites for hydroxylation is 1. The molecule has 0 spiro atoms. The molecule has 46 heavy (non-hydrogen) atoms. The minimum atomic E-state index is -0.422. The number of hydrogen-bond donors (Lipinski definition) is 0. The van der Waals surface area contributed by atoms with Crippen LogP contribution in [0.4, 0.5) is 0 Å². The maximum atomic E-state index is 12.6. The molecular weight excluding hydrogens is 596 g/mol. The van der Waals surface area contributed by atoms with Crippen molar-refractivity contribution in [2.75, 3.05) is 113 Å². The van der Waals surface area contributed by atoms with Crippen LogP contribution in [0, 0.1) is 0 Å². The Morgan fingerprint density at radius 1 is 0.652 bits per heavy atom. The lowest BCUT2D eigenvalue weighted by Gasteiger charge is -2.20. The molecule has 0 aliphatic carbocycles. The van der Waals surface area contributed by atoms with Crippen LogP contribution < -0.4 is 4.74 Å². The molecule has 1 fully saturated rings. The number of unbranched alkanes of at least 4 members (excludes halogenated alkanes) is 7. The third-order valence-corrected chi connectivity index (χ3v) is 7.31. The Kier molecular flexibility index (Phi) is 25.7. The number of methoxy groups -OCH3 is 1. The summed E-state index contributed by atoms with van der Waals surface area (Å²) in [6.45, 7) is 9.24. The topological polar surface area (TPSA) is 109 Å². The van der Waals surface area contributed by atoms with Gasteiger partial charge in [0.15, 0.2) is 0 Å². The molecule has 0 N–H and O–H groups in total. The summed E-state index contributed by atoms with van der Waals surface area (Å²) in [6, 6.07) is 5.76. The normalized spacial score (nSPS) is 19.6. The third kappa shape index (κ3) is 21.1. The number of carbonyl (C=O) groups is 1. The van der Waals surface area contributed by atoms with Crippen LogP contribution in [0.25, 0.3) is 0 Å². The van der Waals surface area contributed by atoms with Gasteiger partial charge in [0.05, 0.1) is 106 Å². The Labute approximate surface area is 276 Å². The molecule has 1 aliphatic heterocycles. The molecule has 1 heterocycles. The Morgan fingerprint density at radius 3 is 1.65 bits per heavy atom. The first-order valence-electron chi connectivity index (χ1n) is 17.2. The van der Waals surface area contributed by atoms with Gasteiger partial charge in [0.2, 0.25) is 0 Å². The molecule has 0 saturated carbocycles. The number of rotatable bonds is 13. The minimum Gasteiger partial charge on any atom is -0.490 e. The molecule has 1 aromatic rings. The Hall–Kier alpha value is -1.83. The van der Waals surface area contributed by atoms with Gasteiger partial charge in [-0.3, -0.25) is 0 Å². The first kappa shape index (κ1) is 40.3. The first-order valence-corrected chi connectivity index (χ1v) is 17.2.